The summed E-state index contributed by atoms with van der Waals surface area (Å²) < 4.78 is 20.2. The molecule has 0 amide bonds. The minimum Gasteiger partial charge on any atom is -0.494 e. The molecule has 1 aliphatic rings. The Morgan fingerprint density at radius 2 is 2.12 bits per heavy atom. The Morgan fingerprint density at radius 3 is 2.77 bits per heavy atom. The highest BCUT2D eigenvalue weighted by atomic mass is 16.7. The van der Waals surface area contributed by atoms with Crippen LogP contribution in [0.5, 0.6) is 5.75 Å². The van der Waals surface area contributed by atoms with Crippen LogP contribution in [0, 0.1) is 0 Å². The van der Waals surface area contributed by atoms with E-state index in [4.69, 9.17) is 14.2 Å². The van der Waals surface area contributed by atoms with Crippen LogP contribution in [0.15, 0.2) is 43.0 Å². The van der Waals surface area contributed by atoms with Crippen molar-refractivity contribution in [2.24, 2.45) is 0 Å². The first-order chi connectivity index (χ1) is 12.7. The molecule has 0 spiro atoms. The van der Waals surface area contributed by atoms with E-state index in [0.29, 0.717) is 13.2 Å². The SMILES string of the molecule is CCCCOc1ccc(CCC2(Cn3ccnc3)OCC(CC)O2)cc1. The van der Waals surface area contributed by atoms with Crippen LogP contribution >= 0.6 is 0 Å². The Labute approximate surface area is 156 Å². The molecule has 0 radical (unpaired) electrons. The van der Waals surface area contributed by atoms with Gasteiger partial charge in [-0.3, -0.25) is 0 Å². The first-order valence-corrected chi connectivity index (χ1v) is 9.72. The lowest BCUT2D eigenvalue weighted by molar-refractivity contribution is -0.182. The van der Waals surface area contributed by atoms with E-state index in [2.05, 4.69) is 43.1 Å². The second kappa shape index (κ2) is 9.19. The molecule has 1 fully saturated rings. The number of nitrogens with zero attached hydrogens (tertiary/aromatic N) is 2. The summed E-state index contributed by atoms with van der Waals surface area (Å²) in [6.45, 7) is 6.42. The molecule has 3 rings (SSSR count). The first-order valence-electron chi connectivity index (χ1n) is 9.72. The van der Waals surface area contributed by atoms with E-state index >= 15 is 0 Å². The predicted octanol–water partition coefficient (Wildman–Crippen LogP) is 4.22. The van der Waals surface area contributed by atoms with Gasteiger partial charge in [0, 0.05) is 18.8 Å². The third kappa shape index (κ3) is 5.08. The number of hydrogen-bond donors (Lipinski definition) is 0. The maximum atomic E-state index is 6.29. The van der Waals surface area contributed by atoms with Crippen LogP contribution in [-0.4, -0.2) is 34.7 Å². The van der Waals surface area contributed by atoms with Crippen molar-refractivity contribution in [1.29, 1.82) is 0 Å². The number of rotatable bonds is 10. The lowest BCUT2D eigenvalue weighted by Crippen LogP contribution is -2.36. The molecule has 26 heavy (non-hydrogen) atoms. The molecule has 1 aliphatic heterocycles. The van der Waals surface area contributed by atoms with Crippen molar-refractivity contribution in [3.8, 4) is 5.75 Å². The van der Waals surface area contributed by atoms with Crippen LogP contribution in [0.4, 0.5) is 0 Å². The lowest BCUT2D eigenvalue weighted by Gasteiger charge is -2.28. The van der Waals surface area contributed by atoms with Gasteiger partial charge in [-0.15, -0.1) is 0 Å². The quantitative estimate of drug-likeness (QED) is 0.597. The topological polar surface area (TPSA) is 45.5 Å². The van der Waals surface area contributed by atoms with Gasteiger partial charge in [-0.25, -0.2) is 4.98 Å². The average molecular weight is 358 g/mol. The summed E-state index contributed by atoms with van der Waals surface area (Å²) in [5.74, 6) is 0.368. The number of benzene rings is 1. The van der Waals surface area contributed by atoms with Gasteiger partial charge in [0.2, 0.25) is 0 Å². The van der Waals surface area contributed by atoms with Gasteiger partial charge in [-0.2, -0.15) is 0 Å². The van der Waals surface area contributed by atoms with Gasteiger partial charge >= 0.3 is 0 Å². The average Bonchev–Trinajstić information content (AvgIpc) is 3.32. The van der Waals surface area contributed by atoms with E-state index in [1.807, 2.05) is 17.1 Å². The van der Waals surface area contributed by atoms with Crippen LogP contribution in [-0.2, 0) is 22.4 Å². The van der Waals surface area contributed by atoms with E-state index in [1.54, 1.807) is 6.20 Å². The second-order valence-electron chi connectivity index (χ2n) is 6.95. The zero-order valence-corrected chi connectivity index (χ0v) is 15.9. The number of hydrogen-bond acceptors (Lipinski definition) is 4. The maximum absolute atomic E-state index is 6.29. The summed E-state index contributed by atoms with van der Waals surface area (Å²) in [7, 11) is 0. The zero-order valence-electron chi connectivity index (χ0n) is 15.9. The minimum absolute atomic E-state index is 0.174. The van der Waals surface area contributed by atoms with Crippen LogP contribution < -0.4 is 4.74 Å². The van der Waals surface area contributed by atoms with E-state index < -0.39 is 5.79 Å². The van der Waals surface area contributed by atoms with Gasteiger partial charge in [0.15, 0.2) is 5.79 Å². The second-order valence-corrected chi connectivity index (χ2v) is 6.95. The van der Waals surface area contributed by atoms with Crippen molar-refractivity contribution in [3.63, 3.8) is 0 Å². The van der Waals surface area contributed by atoms with E-state index in [0.717, 1.165) is 44.5 Å². The largest absolute Gasteiger partial charge is 0.494 e. The van der Waals surface area contributed by atoms with Gasteiger partial charge in [0.1, 0.15) is 5.75 Å². The fourth-order valence-corrected chi connectivity index (χ4v) is 3.19. The van der Waals surface area contributed by atoms with Crippen molar-refractivity contribution < 1.29 is 14.2 Å². The highest BCUT2D eigenvalue weighted by Crippen LogP contribution is 2.32. The molecular formula is C21H30N2O3. The molecule has 0 aliphatic carbocycles. The van der Waals surface area contributed by atoms with Crippen LogP contribution in [0.2, 0.25) is 0 Å². The maximum Gasteiger partial charge on any atom is 0.187 e. The molecule has 2 atom stereocenters. The Bertz CT molecular complexity index is 642. The van der Waals surface area contributed by atoms with Crippen LogP contribution in [0.1, 0.15) is 45.1 Å². The van der Waals surface area contributed by atoms with Gasteiger partial charge in [0.05, 0.1) is 32.2 Å². The predicted molar refractivity (Wildman–Crippen MR) is 101 cm³/mol. The lowest BCUT2D eigenvalue weighted by atomic mass is 10.0. The van der Waals surface area contributed by atoms with Crippen molar-refractivity contribution in [1.82, 2.24) is 9.55 Å². The third-order valence-corrected chi connectivity index (χ3v) is 4.84. The fraction of sp³-hybridized carbons (Fsp3) is 0.571. The standard InChI is InChI=1S/C21H30N2O3/c1-3-5-14-24-20-8-6-18(7-9-20)10-11-21(16-23-13-12-22-17-23)25-15-19(4-2)26-21/h6-9,12-13,17,19H,3-5,10-11,14-16H2,1-2H3. The number of aryl methyl sites for hydroxylation is 1. The van der Waals surface area contributed by atoms with E-state index in [-0.39, 0.29) is 6.10 Å². The molecule has 2 unspecified atom stereocenters. The van der Waals surface area contributed by atoms with E-state index in [9.17, 15) is 0 Å². The van der Waals surface area contributed by atoms with Gasteiger partial charge in [-0.1, -0.05) is 32.4 Å². The van der Waals surface area contributed by atoms with Crippen LogP contribution in [0.25, 0.3) is 0 Å². The number of unbranched alkanes of at least 4 members (excludes halogenated alkanes) is 1. The van der Waals surface area contributed by atoms with Gasteiger partial charge in [0.25, 0.3) is 0 Å². The zero-order chi connectivity index (χ0) is 18.2. The van der Waals surface area contributed by atoms with Crippen molar-refractivity contribution in [2.45, 2.75) is 64.4 Å². The Hall–Kier alpha value is -1.85. The van der Waals surface area contributed by atoms with Gasteiger partial charge < -0.3 is 18.8 Å². The van der Waals surface area contributed by atoms with Gasteiger partial charge in [-0.05, 0) is 37.0 Å². The fourth-order valence-electron chi connectivity index (χ4n) is 3.19. The number of imidazole rings is 1. The minimum atomic E-state index is -0.572. The summed E-state index contributed by atoms with van der Waals surface area (Å²) in [4.78, 5) is 4.13. The Balaban J connectivity index is 1.59. The third-order valence-electron chi connectivity index (χ3n) is 4.84. The molecule has 5 heteroatoms. The molecule has 2 heterocycles. The molecule has 1 aromatic carbocycles. The molecule has 0 saturated carbocycles. The van der Waals surface area contributed by atoms with E-state index in [1.165, 1.54) is 5.56 Å². The molecule has 142 valence electrons. The summed E-state index contributed by atoms with van der Waals surface area (Å²) in [6.07, 6.45) is 10.7. The Morgan fingerprint density at radius 1 is 1.27 bits per heavy atom. The van der Waals surface area contributed by atoms with Crippen molar-refractivity contribution in [3.05, 3.63) is 48.5 Å². The van der Waals surface area contributed by atoms with Crippen molar-refractivity contribution >= 4 is 0 Å². The first kappa shape index (κ1) is 18.9. The van der Waals surface area contributed by atoms with Crippen molar-refractivity contribution in [2.75, 3.05) is 13.2 Å². The molecule has 0 bridgehead atoms. The summed E-state index contributed by atoms with van der Waals surface area (Å²) >= 11 is 0. The number of ether oxygens (including phenoxy) is 3. The molecular weight excluding hydrogens is 328 g/mol. The monoisotopic (exact) mass is 358 g/mol. The Kier molecular flexibility index (Phi) is 6.69. The summed E-state index contributed by atoms with van der Waals surface area (Å²) in [5, 5.41) is 0. The normalized spacial score (nSPS) is 22.6. The number of aromatic nitrogens is 2. The highest BCUT2D eigenvalue weighted by molar-refractivity contribution is 5.27. The molecule has 1 saturated heterocycles. The molecule has 1 aromatic heterocycles. The highest BCUT2D eigenvalue weighted by Gasteiger charge is 2.40. The molecule has 0 N–H and O–H groups in total. The van der Waals surface area contributed by atoms with Crippen LogP contribution in [0.3, 0.4) is 0 Å². The smallest absolute Gasteiger partial charge is 0.187 e. The summed E-state index contributed by atoms with van der Waals surface area (Å²) in [5.41, 5.74) is 1.27. The molecule has 2 aromatic rings. The summed E-state index contributed by atoms with van der Waals surface area (Å²) in [6, 6.07) is 8.38. The molecule has 5 nitrogen and oxygen atoms in total.